The lowest BCUT2D eigenvalue weighted by Gasteiger charge is -2.20. The number of anilines is 1. The molecule has 2 aromatic carbocycles. The molecule has 3 heterocycles. The summed E-state index contributed by atoms with van der Waals surface area (Å²) in [5.74, 6) is 0.309. The van der Waals surface area contributed by atoms with E-state index in [0.29, 0.717) is 28.1 Å². The summed E-state index contributed by atoms with van der Waals surface area (Å²) >= 11 is 6.03. The number of fused-ring (bicyclic) bond motifs is 1. The zero-order valence-electron chi connectivity index (χ0n) is 15.9. The highest BCUT2D eigenvalue weighted by atomic mass is 35.5. The Balaban J connectivity index is 1.41. The van der Waals surface area contributed by atoms with Crippen LogP contribution in [0.3, 0.4) is 0 Å². The van der Waals surface area contributed by atoms with Crippen molar-refractivity contribution in [3.63, 3.8) is 0 Å². The van der Waals surface area contributed by atoms with Crippen LogP contribution in [-0.4, -0.2) is 33.9 Å². The zero-order valence-corrected chi connectivity index (χ0v) is 16.7. The minimum atomic E-state index is -0.878. The molecule has 0 bridgehead atoms. The van der Waals surface area contributed by atoms with E-state index < -0.39 is 18.0 Å². The fourth-order valence-electron chi connectivity index (χ4n) is 3.66. The lowest BCUT2D eigenvalue weighted by atomic mass is 10.1. The van der Waals surface area contributed by atoms with E-state index in [1.807, 2.05) is 30.3 Å². The molecule has 2 aliphatic heterocycles. The maximum Gasteiger partial charge on any atom is 0.263 e. The molecule has 1 aromatic heterocycles. The van der Waals surface area contributed by atoms with E-state index in [1.165, 1.54) is 5.01 Å². The molecule has 0 aliphatic carbocycles. The summed E-state index contributed by atoms with van der Waals surface area (Å²) < 4.78 is 5.79. The van der Waals surface area contributed by atoms with Crippen molar-refractivity contribution in [3.8, 4) is 11.5 Å². The van der Waals surface area contributed by atoms with Crippen molar-refractivity contribution in [2.45, 2.75) is 25.6 Å². The minimum absolute atomic E-state index is 0.204. The first-order valence-electron chi connectivity index (χ1n) is 9.35. The fraction of sp³-hybridized carbons (Fsp3) is 0.190. The van der Waals surface area contributed by atoms with E-state index in [2.05, 4.69) is 15.3 Å². The van der Waals surface area contributed by atoms with E-state index in [4.69, 9.17) is 16.0 Å². The van der Waals surface area contributed by atoms with Gasteiger partial charge in [0.25, 0.3) is 11.8 Å². The summed E-state index contributed by atoms with van der Waals surface area (Å²) in [5.41, 5.74) is 1.91. The second kappa shape index (κ2) is 7.07. The predicted octanol–water partition coefficient (Wildman–Crippen LogP) is 3.80. The van der Waals surface area contributed by atoms with Gasteiger partial charge in [-0.15, -0.1) is 0 Å². The first kappa shape index (κ1) is 18.5. The summed E-state index contributed by atoms with van der Waals surface area (Å²) in [5, 5.41) is 10.0. The molecule has 9 heteroatoms. The molecule has 2 aliphatic rings. The quantitative estimate of drug-likeness (QED) is 0.597. The topological polar surface area (TPSA) is 91.4 Å². The van der Waals surface area contributed by atoms with Gasteiger partial charge >= 0.3 is 0 Å². The molecule has 0 radical (unpaired) electrons. The molecule has 2 amide bonds. The lowest BCUT2D eigenvalue weighted by molar-refractivity contribution is -0.123. The summed E-state index contributed by atoms with van der Waals surface area (Å²) in [4.78, 5) is 31.6. The molecule has 8 nitrogen and oxygen atoms in total. The number of carbonyl (C=O) groups is 2. The Bertz CT molecular complexity index is 1180. The molecule has 2 atom stereocenters. The number of halogens is 1. The number of nitrogens with zero attached hydrogens (tertiary/aromatic N) is 5. The van der Waals surface area contributed by atoms with Gasteiger partial charge in [0, 0.05) is 10.6 Å². The third kappa shape index (κ3) is 2.96. The Kier molecular flexibility index (Phi) is 4.36. The monoisotopic (exact) mass is 421 g/mol. The van der Waals surface area contributed by atoms with Crippen LogP contribution in [0.4, 0.5) is 5.69 Å². The molecule has 1 saturated heterocycles. The van der Waals surface area contributed by atoms with Gasteiger partial charge in [0.05, 0.1) is 12.2 Å². The third-order valence-electron chi connectivity index (χ3n) is 5.15. The Labute approximate surface area is 176 Å². The van der Waals surface area contributed by atoms with Crippen LogP contribution < -0.4 is 4.90 Å². The molecular weight excluding hydrogens is 406 g/mol. The van der Waals surface area contributed by atoms with E-state index in [-0.39, 0.29) is 12.5 Å². The molecule has 150 valence electrons. The molecule has 0 N–H and O–H groups in total. The van der Waals surface area contributed by atoms with E-state index in [9.17, 15) is 9.59 Å². The van der Waals surface area contributed by atoms with Crippen molar-refractivity contribution < 1.29 is 14.0 Å². The van der Waals surface area contributed by atoms with Gasteiger partial charge in [0.15, 0.2) is 12.1 Å². The number of oxazole rings is 1. The van der Waals surface area contributed by atoms with Crippen LogP contribution in [0, 0.1) is 6.92 Å². The summed E-state index contributed by atoms with van der Waals surface area (Å²) in [6, 6.07) is 14.5. The van der Waals surface area contributed by atoms with Crippen LogP contribution in [0.25, 0.3) is 11.5 Å². The maximum atomic E-state index is 13.1. The van der Waals surface area contributed by atoms with Gasteiger partial charge in [-0.25, -0.2) is 9.88 Å². The van der Waals surface area contributed by atoms with Crippen molar-refractivity contribution in [1.82, 2.24) is 9.99 Å². The third-order valence-corrected chi connectivity index (χ3v) is 5.38. The van der Waals surface area contributed by atoms with Gasteiger partial charge in [-0.2, -0.15) is 5.11 Å². The van der Waals surface area contributed by atoms with Gasteiger partial charge in [-0.05, 0) is 37.3 Å². The molecule has 30 heavy (non-hydrogen) atoms. The second-order valence-corrected chi connectivity index (χ2v) is 7.51. The fourth-order valence-corrected chi connectivity index (χ4v) is 3.84. The average Bonchev–Trinajstić information content (AvgIpc) is 3.39. The summed E-state index contributed by atoms with van der Waals surface area (Å²) in [6.45, 7) is 2.01. The van der Waals surface area contributed by atoms with Gasteiger partial charge < -0.3 is 4.42 Å². The Morgan fingerprint density at radius 2 is 1.87 bits per heavy atom. The molecule has 0 saturated carbocycles. The predicted molar refractivity (Wildman–Crippen MR) is 109 cm³/mol. The van der Waals surface area contributed by atoms with Crippen molar-refractivity contribution >= 4 is 29.1 Å². The number of hydrogen-bond donors (Lipinski definition) is 0. The number of aromatic nitrogens is 1. The number of benzene rings is 2. The number of rotatable bonds is 4. The standard InChI is InChI=1S/C21H16ClN5O3/c1-12-16(23-19(30-12)13-6-3-2-4-7-13)11-26-18-17(24-25-26)20(28)27(21(18)29)15-9-5-8-14(22)10-15/h2-10,17-18H,11H2,1H3/t17-,18+/m1/s1. The minimum Gasteiger partial charge on any atom is -0.441 e. The van der Waals surface area contributed by atoms with Gasteiger partial charge in [0.2, 0.25) is 5.89 Å². The van der Waals surface area contributed by atoms with Crippen LogP contribution in [0.1, 0.15) is 11.5 Å². The zero-order chi connectivity index (χ0) is 20.8. The van der Waals surface area contributed by atoms with Crippen LogP contribution in [-0.2, 0) is 16.1 Å². The number of aryl methyl sites for hydroxylation is 1. The average molecular weight is 422 g/mol. The second-order valence-electron chi connectivity index (χ2n) is 7.07. The van der Waals surface area contributed by atoms with Crippen molar-refractivity contribution in [3.05, 3.63) is 71.1 Å². The largest absolute Gasteiger partial charge is 0.441 e. The number of amides is 2. The van der Waals surface area contributed by atoms with Gasteiger partial charge in [-0.3, -0.25) is 14.6 Å². The van der Waals surface area contributed by atoms with Gasteiger partial charge in [0.1, 0.15) is 11.5 Å². The van der Waals surface area contributed by atoms with Crippen LogP contribution in [0.2, 0.25) is 5.02 Å². The van der Waals surface area contributed by atoms with Crippen LogP contribution >= 0.6 is 11.6 Å². The van der Waals surface area contributed by atoms with Crippen LogP contribution in [0.5, 0.6) is 0 Å². The van der Waals surface area contributed by atoms with Gasteiger partial charge in [-0.1, -0.05) is 41.1 Å². The highest BCUT2D eigenvalue weighted by molar-refractivity contribution is 6.31. The van der Waals surface area contributed by atoms with Crippen molar-refractivity contribution in [2.75, 3.05) is 4.90 Å². The maximum absolute atomic E-state index is 13.1. The number of imide groups is 1. The van der Waals surface area contributed by atoms with Crippen molar-refractivity contribution in [2.24, 2.45) is 10.3 Å². The van der Waals surface area contributed by atoms with E-state index >= 15 is 0 Å². The Morgan fingerprint density at radius 3 is 2.63 bits per heavy atom. The normalized spacial score (nSPS) is 20.3. The first-order chi connectivity index (χ1) is 14.5. The lowest BCUT2D eigenvalue weighted by Crippen LogP contribution is -2.39. The van der Waals surface area contributed by atoms with Crippen molar-refractivity contribution in [1.29, 1.82) is 0 Å². The SMILES string of the molecule is Cc1oc(-c2ccccc2)nc1CN1N=N[C@H]2C(=O)N(c3cccc(Cl)c3)C(=O)[C@H]21. The highest BCUT2D eigenvalue weighted by Gasteiger charge is 2.54. The molecule has 0 spiro atoms. The van der Waals surface area contributed by atoms with E-state index in [0.717, 1.165) is 10.5 Å². The first-order valence-corrected chi connectivity index (χ1v) is 9.73. The van der Waals surface area contributed by atoms with Crippen LogP contribution in [0.15, 0.2) is 69.4 Å². The van der Waals surface area contributed by atoms with E-state index in [1.54, 1.807) is 31.2 Å². The Morgan fingerprint density at radius 1 is 1.07 bits per heavy atom. The molecule has 0 unspecified atom stereocenters. The number of carbonyl (C=O) groups excluding carboxylic acids is 2. The highest BCUT2D eigenvalue weighted by Crippen LogP contribution is 2.34. The summed E-state index contributed by atoms with van der Waals surface area (Å²) in [7, 11) is 0. The number of hydrogen-bond acceptors (Lipinski definition) is 7. The summed E-state index contributed by atoms with van der Waals surface area (Å²) in [6.07, 6.45) is 0. The molecule has 1 fully saturated rings. The molecule has 3 aromatic rings. The Hall–Kier alpha value is -3.52. The molecular formula is C21H16ClN5O3. The molecule has 5 rings (SSSR count). The smallest absolute Gasteiger partial charge is 0.263 e.